The first-order valence-corrected chi connectivity index (χ1v) is 10.2. The molecule has 0 aliphatic carbocycles. The Morgan fingerprint density at radius 2 is 1.76 bits per heavy atom. The van der Waals surface area contributed by atoms with Crippen LogP contribution in [-0.2, 0) is 4.79 Å². The van der Waals surface area contributed by atoms with E-state index in [1.54, 1.807) is 79.9 Å². The molecule has 3 aromatic rings. The van der Waals surface area contributed by atoms with E-state index in [2.05, 4.69) is 0 Å². The van der Waals surface area contributed by atoms with E-state index in [1.807, 2.05) is 13.0 Å². The monoisotopic (exact) mass is 443 g/mol. The van der Waals surface area contributed by atoms with Crippen LogP contribution >= 0.6 is 0 Å². The van der Waals surface area contributed by atoms with E-state index >= 15 is 0 Å². The van der Waals surface area contributed by atoms with Gasteiger partial charge in [-0.3, -0.25) is 0 Å². The Bertz CT molecular complexity index is 1220. The highest BCUT2D eigenvalue weighted by Gasteiger charge is 2.08. The quantitative estimate of drug-likeness (QED) is 0.142. The molecule has 0 heterocycles. The molecule has 0 bridgehead atoms. The predicted molar refractivity (Wildman–Crippen MR) is 125 cm³/mol. The summed E-state index contributed by atoms with van der Waals surface area (Å²) in [6.07, 6.45) is 4.50. The summed E-state index contributed by atoms with van der Waals surface area (Å²) in [5.41, 5.74) is 1.86. The molecule has 3 rings (SSSR count). The zero-order valence-corrected chi connectivity index (χ0v) is 18.2. The van der Waals surface area contributed by atoms with Crippen LogP contribution in [0.15, 0.2) is 72.8 Å². The average Bonchev–Trinajstić information content (AvgIpc) is 2.83. The van der Waals surface area contributed by atoms with Crippen LogP contribution in [-0.4, -0.2) is 19.7 Å². The molecule has 33 heavy (non-hydrogen) atoms. The van der Waals surface area contributed by atoms with Crippen LogP contribution in [0.1, 0.15) is 23.6 Å². The standard InChI is InChI=1S/C27H22FNO4/c1-3-32-25-14-10-20(17-26(25)31-2)11-15-27(30)33-22-12-8-19(9-13-22)16-21(18-29)23-6-4-5-7-24(23)28/h4-17H,3H2,1-2H3/b15-11+,21-16-. The fourth-order valence-electron chi connectivity index (χ4n) is 3.03. The highest BCUT2D eigenvalue weighted by Crippen LogP contribution is 2.28. The summed E-state index contributed by atoms with van der Waals surface area (Å²) >= 11 is 0. The topological polar surface area (TPSA) is 68.5 Å². The van der Waals surface area contributed by atoms with E-state index in [-0.39, 0.29) is 11.1 Å². The summed E-state index contributed by atoms with van der Waals surface area (Å²) in [5.74, 6) is 0.532. The van der Waals surface area contributed by atoms with E-state index in [4.69, 9.17) is 14.2 Å². The van der Waals surface area contributed by atoms with E-state index in [0.717, 1.165) is 5.56 Å². The van der Waals surface area contributed by atoms with Crippen LogP contribution in [0.25, 0.3) is 17.7 Å². The minimum Gasteiger partial charge on any atom is -0.493 e. The second-order valence-electron chi connectivity index (χ2n) is 6.82. The summed E-state index contributed by atoms with van der Waals surface area (Å²) in [6.45, 7) is 2.41. The SMILES string of the molecule is CCOc1ccc(/C=C/C(=O)Oc2ccc(/C=C(/C#N)c3ccccc3F)cc2)cc1OC. The van der Waals surface area contributed by atoms with Gasteiger partial charge in [-0.1, -0.05) is 36.4 Å². The number of benzene rings is 3. The lowest BCUT2D eigenvalue weighted by molar-refractivity contribution is -0.128. The number of rotatable bonds is 8. The predicted octanol–water partition coefficient (Wildman–Crippen LogP) is 5.92. The Labute approximate surface area is 192 Å². The number of carbonyl (C=O) groups is 1. The van der Waals surface area contributed by atoms with Crippen molar-refractivity contribution in [3.63, 3.8) is 0 Å². The highest BCUT2D eigenvalue weighted by atomic mass is 19.1. The first-order chi connectivity index (χ1) is 16.0. The van der Waals surface area contributed by atoms with Gasteiger partial charge in [-0.15, -0.1) is 0 Å². The largest absolute Gasteiger partial charge is 0.493 e. The molecule has 6 heteroatoms. The first kappa shape index (κ1) is 23.3. The van der Waals surface area contributed by atoms with Crippen LogP contribution in [0.4, 0.5) is 4.39 Å². The molecule has 0 saturated carbocycles. The Morgan fingerprint density at radius 1 is 1.03 bits per heavy atom. The van der Waals surface area contributed by atoms with Gasteiger partial charge in [-0.05, 0) is 60.5 Å². The van der Waals surface area contributed by atoms with Crippen LogP contribution in [0.3, 0.4) is 0 Å². The maximum absolute atomic E-state index is 14.0. The second-order valence-corrected chi connectivity index (χ2v) is 6.82. The van der Waals surface area contributed by atoms with Gasteiger partial charge in [-0.25, -0.2) is 9.18 Å². The van der Waals surface area contributed by atoms with Crippen molar-refractivity contribution < 1.29 is 23.4 Å². The summed E-state index contributed by atoms with van der Waals surface area (Å²) in [5, 5.41) is 9.39. The molecule has 0 aliphatic heterocycles. The number of hydrogen-bond donors (Lipinski definition) is 0. The van der Waals surface area contributed by atoms with Gasteiger partial charge >= 0.3 is 5.97 Å². The minimum atomic E-state index is -0.546. The first-order valence-electron chi connectivity index (χ1n) is 10.2. The number of methoxy groups -OCH3 is 1. The molecule has 0 saturated heterocycles. The lowest BCUT2D eigenvalue weighted by Gasteiger charge is -2.09. The summed E-state index contributed by atoms with van der Waals surface area (Å²) in [4.78, 5) is 12.2. The Morgan fingerprint density at radius 3 is 2.42 bits per heavy atom. The third-order valence-corrected chi connectivity index (χ3v) is 4.59. The normalized spacial score (nSPS) is 11.2. The molecule has 0 amide bonds. The fraction of sp³-hybridized carbons (Fsp3) is 0.111. The second kappa shape index (κ2) is 11.3. The molecule has 0 aromatic heterocycles. The van der Waals surface area contributed by atoms with Crippen molar-refractivity contribution in [2.24, 2.45) is 0 Å². The van der Waals surface area contributed by atoms with E-state index in [1.165, 1.54) is 12.1 Å². The minimum absolute atomic E-state index is 0.201. The Kier molecular flexibility index (Phi) is 7.98. The van der Waals surface area contributed by atoms with Gasteiger partial charge in [0, 0.05) is 11.6 Å². The number of esters is 1. The van der Waals surface area contributed by atoms with Gasteiger partial charge in [0.15, 0.2) is 11.5 Å². The molecule has 0 N–H and O–H groups in total. The molecule has 5 nitrogen and oxygen atoms in total. The molecule has 0 unspecified atom stereocenters. The lowest BCUT2D eigenvalue weighted by Crippen LogP contribution is -2.03. The zero-order valence-electron chi connectivity index (χ0n) is 18.2. The van der Waals surface area contributed by atoms with Crippen molar-refractivity contribution in [1.82, 2.24) is 0 Å². The average molecular weight is 443 g/mol. The van der Waals surface area contributed by atoms with Crippen LogP contribution in [0, 0.1) is 17.1 Å². The van der Waals surface area contributed by atoms with E-state index in [9.17, 15) is 14.4 Å². The molecular formula is C27H22FNO4. The molecule has 3 aromatic carbocycles. The van der Waals surface area contributed by atoms with Gasteiger partial charge in [-0.2, -0.15) is 5.26 Å². The number of carbonyl (C=O) groups excluding carboxylic acids is 1. The summed E-state index contributed by atoms with van der Waals surface area (Å²) in [7, 11) is 1.55. The van der Waals surface area contributed by atoms with Gasteiger partial charge in [0.1, 0.15) is 11.6 Å². The fourth-order valence-corrected chi connectivity index (χ4v) is 3.03. The van der Waals surface area contributed by atoms with Gasteiger partial charge < -0.3 is 14.2 Å². The van der Waals surface area contributed by atoms with Crippen molar-refractivity contribution in [3.8, 4) is 23.3 Å². The van der Waals surface area contributed by atoms with Crippen molar-refractivity contribution in [2.45, 2.75) is 6.92 Å². The maximum atomic E-state index is 14.0. The van der Waals surface area contributed by atoms with Crippen LogP contribution in [0.5, 0.6) is 17.2 Å². The van der Waals surface area contributed by atoms with Crippen molar-refractivity contribution in [1.29, 1.82) is 5.26 Å². The van der Waals surface area contributed by atoms with E-state index in [0.29, 0.717) is 29.4 Å². The summed E-state index contributed by atoms with van der Waals surface area (Å²) < 4.78 is 30.1. The van der Waals surface area contributed by atoms with E-state index < -0.39 is 11.8 Å². The smallest absolute Gasteiger partial charge is 0.336 e. The van der Waals surface area contributed by atoms with Gasteiger partial charge in [0.25, 0.3) is 0 Å². The number of halogens is 1. The molecule has 0 spiro atoms. The third-order valence-electron chi connectivity index (χ3n) is 4.59. The number of nitrogens with zero attached hydrogens (tertiary/aromatic N) is 1. The maximum Gasteiger partial charge on any atom is 0.336 e. The van der Waals surface area contributed by atoms with Crippen molar-refractivity contribution in [3.05, 3.63) is 95.3 Å². The van der Waals surface area contributed by atoms with Crippen LogP contribution in [0.2, 0.25) is 0 Å². The van der Waals surface area contributed by atoms with Crippen molar-refractivity contribution in [2.75, 3.05) is 13.7 Å². The molecule has 0 atom stereocenters. The number of nitriles is 1. The van der Waals surface area contributed by atoms with Crippen molar-refractivity contribution >= 4 is 23.7 Å². The van der Waals surface area contributed by atoms with Gasteiger partial charge in [0.2, 0.25) is 0 Å². The molecule has 0 aliphatic rings. The third kappa shape index (κ3) is 6.31. The molecular weight excluding hydrogens is 421 g/mol. The zero-order chi connectivity index (χ0) is 23.6. The van der Waals surface area contributed by atoms with Crippen LogP contribution < -0.4 is 14.2 Å². The van der Waals surface area contributed by atoms with Gasteiger partial charge in [0.05, 0.1) is 25.4 Å². The lowest BCUT2D eigenvalue weighted by atomic mass is 10.0. The number of ether oxygens (including phenoxy) is 3. The highest BCUT2D eigenvalue weighted by molar-refractivity contribution is 5.90. The molecule has 0 radical (unpaired) electrons. The Hall–Kier alpha value is -4.37. The summed E-state index contributed by atoms with van der Waals surface area (Å²) in [6, 6.07) is 20.0. The molecule has 166 valence electrons. The number of allylic oxidation sites excluding steroid dienone is 1. The molecule has 0 fully saturated rings. The Balaban J connectivity index is 1.67. The number of hydrogen-bond acceptors (Lipinski definition) is 5.